The van der Waals surface area contributed by atoms with E-state index in [0.29, 0.717) is 33.7 Å². The molecule has 0 aliphatic carbocycles. The van der Waals surface area contributed by atoms with Gasteiger partial charge in [-0.2, -0.15) is 0 Å². The third kappa shape index (κ3) is 6.53. The van der Waals surface area contributed by atoms with Crippen LogP contribution in [0.25, 0.3) is 6.08 Å². The van der Waals surface area contributed by atoms with Gasteiger partial charge in [0.2, 0.25) is 0 Å². The minimum Gasteiger partial charge on any atom is -0.489 e. The Morgan fingerprint density at radius 2 is 1.55 bits per heavy atom. The molecule has 4 aromatic rings. The van der Waals surface area contributed by atoms with Crippen molar-refractivity contribution in [2.45, 2.75) is 13.2 Å². The maximum Gasteiger partial charge on any atom is 0.335 e. The van der Waals surface area contributed by atoms with E-state index in [1.807, 2.05) is 30.3 Å². The number of imide groups is 2. The number of ether oxygens (including phenoxy) is 2. The van der Waals surface area contributed by atoms with Crippen molar-refractivity contribution >= 4 is 51.2 Å². The number of barbiturate groups is 1. The molecule has 210 valence electrons. The SMILES string of the molecule is O=C1NC(=O)N(c2ccc(OCc3ccccc3)cc2)C(=O)/C1=C/c1ccc(OCc2cccc([N+](=O)[O-])c2)c(Br)c1. The van der Waals surface area contributed by atoms with Gasteiger partial charge in [-0.25, -0.2) is 9.69 Å². The van der Waals surface area contributed by atoms with Gasteiger partial charge in [-0.3, -0.25) is 25.0 Å². The van der Waals surface area contributed by atoms with Gasteiger partial charge in [0.05, 0.1) is 15.1 Å². The van der Waals surface area contributed by atoms with Crippen LogP contribution >= 0.6 is 15.9 Å². The van der Waals surface area contributed by atoms with Gasteiger partial charge in [-0.1, -0.05) is 48.5 Å². The molecule has 5 rings (SSSR count). The van der Waals surface area contributed by atoms with Crippen LogP contribution in [0.4, 0.5) is 16.2 Å². The van der Waals surface area contributed by atoms with E-state index < -0.39 is 22.8 Å². The Morgan fingerprint density at radius 1 is 0.833 bits per heavy atom. The summed E-state index contributed by atoms with van der Waals surface area (Å²) in [6, 6.07) is 26.2. The van der Waals surface area contributed by atoms with E-state index >= 15 is 0 Å². The van der Waals surface area contributed by atoms with Gasteiger partial charge >= 0.3 is 6.03 Å². The number of halogens is 1. The predicted octanol–water partition coefficient (Wildman–Crippen LogP) is 6.18. The first-order valence-corrected chi connectivity index (χ1v) is 13.4. The number of carbonyl (C=O) groups excluding carboxylic acids is 3. The molecule has 1 saturated heterocycles. The standard InChI is InChI=1S/C31H22BrN3O7/c32-27-17-21(9-14-28(27)42-19-22-7-4-8-24(15-22)35(39)40)16-26-29(36)33-31(38)34(30(26)37)23-10-12-25(13-11-23)41-18-20-5-2-1-3-6-20/h1-17H,18-19H2,(H,33,36,38)/b26-16+. The zero-order valence-corrected chi connectivity index (χ0v) is 23.4. The van der Waals surface area contributed by atoms with Gasteiger partial charge in [0.15, 0.2) is 0 Å². The molecule has 4 amide bonds. The zero-order valence-electron chi connectivity index (χ0n) is 21.9. The van der Waals surface area contributed by atoms with E-state index in [4.69, 9.17) is 9.47 Å². The highest BCUT2D eigenvalue weighted by atomic mass is 79.9. The molecule has 0 spiro atoms. The van der Waals surface area contributed by atoms with Crippen molar-refractivity contribution in [2.24, 2.45) is 0 Å². The van der Waals surface area contributed by atoms with E-state index in [1.54, 1.807) is 54.6 Å². The van der Waals surface area contributed by atoms with Crippen LogP contribution in [0.3, 0.4) is 0 Å². The van der Waals surface area contributed by atoms with Crippen LogP contribution in [0.15, 0.2) is 107 Å². The Kier molecular flexibility index (Phi) is 8.39. The van der Waals surface area contributed by atoms with E-state index in [1.165, 1.54) is 18.2 Å². The number of benzene rings is 4. The van der Waals surface area contributed by atoms with Gasteiger partial charge in [0.25, 0.3) is 17.5 Å². The van der Waals surface area contributed by atoms with Crippen molar-refractivity contribution in [3.63, 3.8) is 0 Å². The molecular weight excluding hydrogens is 606 g/mol. The number of nitrogens with zero attached hydrogens (tertiary/aromatic N) is 2. The van der Waals surface area contributed by atoms with E-state index in [-0.39, 0.29) is 23.6 Å². The first-order chi connectivity index (χ1) is 20.3. The average molecular weight is 628 g/mol. The topological polar surface area (TPSA) is 128 Å². The fourth-order valence-electron chi connectivity index (χ4n) is 4.14. The molecule has 0 aromatic heterocycles. The van der Waals surface area contributed by atoms with Crippen molar-refractivity contribution < 1.29 is 28.8 Å². The first-order valence-electron chi connectivity index (χ1n) is 12.6. The highest BCUT2D eigenvalue weighted by Crippen LogP contribution is 2.29. The number of amides is 4. The zero-order chi connectivity index (χ0) is 29.6. The van der Waals surface area contributed by atoms with Crippen LogP contribution in [-0.2, 0) is 22.8 Å². The Balaban J connectivity index is 1.29. The Morgan fingerprint density at radius 3 is 2.26 bits per heavy atom. The minimum absolute atomic E-state index is 0.0348. The molecule has 1 fully saturated rings. The lowest BCUT2D eigenvalue weighted by Gasteiger charge is -2.26. The summed E-state index contributed by atoms with van der Waals surface area (Å²) in [4.78, 5) is 49.9. The normalized spacial score (nSPS) is 14.1. The monoisotopic (exact) mass is 627 g/mol. The third-order valence-corrected chi connectivity index (χ3v) is 6.85. The predicted molar refractivity (Wildman–Crippen MR) is 158 cm³/mol. The number of nitro groups is 1. The average Bonchev–Trinajstić information content (AvgIpc) is 2.99. The summed E-state index contributed by atoms with van der Waals surface area (Å²) < 4.78 is 12.1. The molecule has 1 aliphatic rings. The van der Waals surface area contributed by atoms with Crippen molar-refractivity contribution in [3.05, 3.63) is 134 Å². The summed E-state index contributed by atoms with van der Waals surface area (Å²) in [7, 11) is 0. The smallest absolute Gasteiger partial charge is 0.335 e. The van der Waals surface area contributed by atoms with Crippen LogP contribution in [0, 0.1) is 10.1 Å². The van der Waals surface area contributed by atoms with Crippen LogP contribution in [0.1, 0.15) is 16.7 Å². The van der Waals surface area contributed by atoms with Crippen LogP contribution < -0.4 is 19.7 Å². The summed E-state index contributed by atoms with van der Waals surface area (Å²) >= 11 is 3.42. The quantitative estimate of drug-likeness (QED) is 0.101. The largest absolute Gasteiger partial charge is 0.489 e. The third-order valence-electron chi connectivity index (χ3n) is 6.23. The molecule has 1 heterocycles. The van der Waals surface area contributed by atoms with E-state index in [0.717, 1.165) is 10.5 Å². The number of non-ortho nitro benzene ring substituents is 1. The van der Waals surface area contributed by atoms with E-state index in [2.05, 4.69) is 21.2 Å². The van der Waals surface area contributed by atoms with Gasteiger partial charge in [-0.05, 0) is 75.1 Å². The second-order valence-electron chi connectivity index (χ2n) is 9.13. The van der Waals surface area contributed by atoms with Gasteiger partial charge < -0.3 is 9.47 Å². The fraction of sp³-hybridized carbons (Fsp3) is 0.0645. The summed E-state index contributed by atoms with van der Waals surface area (Å²) in [6.07, 6.45) is 1.38. The Hall–Kier alpha value is -5.29. The minimum atomic E-state index is -0.855. The molecule has 0 unspecified atom stereocenters. The number of nitro benzene ring substituents is 1. The Labute approximate surface area is 248 Å². The second kappa shape index (κ2) is 12.5. The number of anilines is 1. The van der Waals surface area contributed by atoms with Crippen molar-refractivity contribution in [1.29, 1.82) is 0 Å². The second-order valence-corrected chi connectivity index (χ2v) is 9.99. The van der Waals surface area contributed by atoms with Crippen molar-refractivity contribution in [1.82, 2.24) is 5.32 Å². The van der Waals surface area contributed by atoms with Gasteiger partial charge in [0, 0.05) is 12.1 Å². The lowest BCUT2D eigenvalue weighted by molar-refractivity contribution is -0.384. The maximum atomic E-state index is 13.3. The van der Waals surface area contributed by atoms with E-state index in [9.17, 15) is 24.5 Å². The molecular formula is C31H22BrN3O7. The first kappa shape index (κ1) is 28.2. The summed E-state index contributed by atoms with van der Waals surface area (Å²) in [5, 5.41) is 13.2. The molecule has 1 N–H and O–H groups in total. The highest BCUT2D eigenvalue weighted by molar-refractivity contribution is 9.10. The van der Waals surface area contributed by atoms with Crippen LogP contribution in [0.2, 0.25) is 0 Å². The van der Waals surface area contributed by atoms with Crippen LogP contribution in [0.5, 0.6) is 11.5 Å². The number of nitrogens with one attached hydrogen (secondary N) is 1. The fourth-order valence-corrected chi connectivity index (χ4v) is 4.65. The summed E-state index contributed by atoms with van der Waals surface area (Å²) in [5.74, 6) is -0.582. The Bertz CT molecular complexity index is 1710. The molecule has 0 bridgehead atoms. The lowest BCUT2D eigenvalue weighted by atomic mass is 10.1. The molecule has 11 heteroatoms. The van der Waals surface area contributed by atoms with Crippen molar-refractivity contribution in [2.75, 3.05) is 4.90 Å². The van der Waals surface area contributed by atoms with Gasteiger partial charge in [0.1, 0.15) is 30.3 Å². The van der Waals surface area contributed by atoms with Crippen molar-refractivity contribution in [3.8, 4) is 11.5 Å². The lowest BCUT2D eigenvalue weighted by Crippen LogP contribution is -2.54. The molecule has 0 atom stereocenters. The number of rotatable bonds is 9. The molecule has 4 aromatic carbocycles. The summed E-state index contributed by atoms with van der Waals surface area (Å²) in [5.41, 5.74) is 2.13. The number of hydrogen-bond donors (Lipinski definition) is 1. The number of urea groups is 1. The highest BCUT2D eigenvalue weighted by Gasteiger charge is 2.36. The maximum absolute atomic E-state index is 13.3. The molecule has 1 aliphatic heterocycles. The van der Waals surface area contributed by atoms with Crippen LogP contribution in [-0.4, -0.2) is 22.8 Å². The molecule has 0 radical (unpaired) electrons. The number of hydrogen-bond acceptors (Lipinski definition) is 7. The molecule has 10 nitrogen and oxygen atoms in total. The molecule has 0 saturated carbocycles. The number of carbonyl (C=O) groups is 3. The molecule has 42 heavy (non-hydrogen) atoms. The van der Waals surface area contributed by atoms with Gasteiger partial charge in [-0.15, -0.1) is 0 Å². The summed E-state index contributed by atoms with van der Waals surface area (Å²) in [6.45, 7) is 0.452.